The van der Waals surface area contributed by atoms with Gasteiger partial charge in [-0.3, -0.25) is 4.79 Å². The SMILES string of the molecule is CC(CCC(=O)N1CCCC1CO)N=[N+]=[N-]. The van der Waals surface area contributed by atoms with Crippen LogP contribution in [0.25, 0.3) is 10.4 Å². The van der Waals surface area contributed by atoms with Gasteiger partial charge in [-0.1, -0.05) is 12.0 Å². The third-order valence-electron chi connectivity index (χ3n) is 2.93. The van der Waals surface area contributed by atoms with Gasteiger partial charge in [-0.05, 0) is 24.8 Å². The number of nitrogens with zero attached hydrogens (tertiary/aromatic N) is 4. The van der Waals surface area contributed by atoms with Crippen molar-refractivity contribution in [3.8, 4) is 0 Å². The smallest absolute Gasteiger partial charge is 0.222 e. The molecule has 16 heavy (non-hydrogen) atoms. The van der Waals surface area contributed by atoms with Crippen molar-refractivity contribution in [2.75, 3.05) is 13.2 Å². The van der Waals surface area contributed by atoms with E-state index in [0.717, 1.165) is 19.4 Å². The minimum atomic E-state index is -0.149. The molecule has 6 nitrogen and oxygen atoms in total. The van der Waals surface area contributed by atoms with Crippen LogP contribution in [-0.2, 0) is 4.79 Å². The highest BCUT2D eigenvalue weighted by Crippen LogP contribution is 2.18. The fourth-order valence-corrected chi connectivity index (χ4v) is 1.98. The maximum atomic E-state index is 11.8. The lowest BCUT2D eigenvalue weighted by atomic mass is 10.1. The lowest BCUT2D eigenvalue weighted by molar-refractivity contribution is -0.132. The molecule has 0 aromatic carbocycles. The summed E-state index contributed by atoms with van der Waals surface area (Å²) in [6, 6.07) is -0.161. The molecule has 1 aliphatic rings. The van der Waals surface area contributed by atoms with Crippen LogP contribution in [-0.4, -0.2) is 41.1 Å². The van der Waals surface area contributed by atoms with E-state index in [4.69, 9.17) is 10.6 Å². The first-order valence-electron chi connectivity index (χ1n) is 5.63. The molecule has 1 rings (SSSR count). The minimum Gasteiger partial charge on any atom is -0.394 e. The standard InChI is InChI=1S/C10H18N4O2/c1-8(12-13-11)4-5-10(16)14-6-2-3-9(14)7-15/h8-9,15H,2-7H2,1H3. The molecule has 1 saturated heterocycles. The van der Waals surface area contributed by atoms with Gasteiger partial charge < -0.3 is 10.0 Å². The van der Waals surface area contributed by atoms with Gasteiger partial charge in [0.25, 0.3) is 0 Å². The Balaban J connectivity index is 2.37. The van der Waals surface area contributed by atoms with Gasteiger partial charge in [0, 0.05) is 23.9 Å². The zero-order valence-corrected chi connectivity index (χ0v) is 9.54. The van der Waals surface area contributed by atoms with Crippen LogP contribution in [0.15, 0.2) is 5.11 Å². The third-order valence-corrected chi connectivity index (χ3v) is 2.93. The predicted molar refractivity (Wildman–Crippen MR) is 59.7 cm³/mol. The van der Waals surface area contributed by atoms with E-state index in [0.29, 0.717) is 12.8 Å². The highest BCUT2D eigenvalue weighted by Gasteiger charge is 2.27. The molecule has 1 amide bonds. The van der Waals surface area contributed by atoms with Crippen molar-refractivity contribution in [1.82, 2.24) is 4.90 Å². The molecule has 0 spiro atoms. The Labute approximate surface area is 94.9 Å². The first-order chi connectivity index (χ1) is 7.69. The predicted octanol–water partition coefficient (Wildman–Crippen LogP) is 1.45. The molecule has 1 N–H and O–H groups in total. The van der Waals surface area contributed by atoms with Crippen molar-refractivity contribution in [2.45, 2.75) is 44.7 Å². The fourth-order valence-electron chi connectivity index (χ4n) is 1.98. The minimum absolute atomic E-state index is 0.0118. The maximum absolute atomic E-state index is 11.8. The van der Waals surface area contributed by atoms with E-state index >= 15 is 0 Å². The van der Waals surface area contributed by atoms with Gasteiger partial charge in [0.2, 0.25) is 5.91 Å². The van der Waals surface area contributed by atoms with Crippen LogP contribution in [0.5, 0.6) is 0 Å². The Morgan fingerprint density at radius 1 is 1.75 bits per heavy atom. The Hall–Kier alpha value is -1.26. The van der Waals surface area contributed by atoms with Crippen LogP contribution in [0.3, 0.4) is 0 Å². The zero-order chi connectivity index (χ0) is 12.0. The van der Waals surface area contributed by atoms with Crippen LogP contribution in [0.2, 0.25) is 0 Å². The number of aliphatic hydroxyl groups excluding tert-OH is 1. The zero-order valence-electron chi connectivity index (χ0n) is 9.54. The molecular formula is C10H18N4O2. The van der Waals surface area contributed by atoms with E-state index in [9.17, 15) is 4.79 Å². The molecule has 0 aromatic heterocycles. The van der Waals surface area contributed by atoms with Crippen molar-refractivity contribution < 1.29 is 9.90 Å². The van der Waals surface area contributed by atoms with E-state index in [-0.39, 0.29) is 24.6 Å². The molecule has 1 heterocycles. The molecule has 2 unspecified atom stereocenters. The number of azide groups is 1. The number of aliphatic hydroxyl groups is 1. The van der Waals surface area contributed by atoms with Crippen LogP contribution in [0.4, 0.5) is 0 Å². The molecule has 6 heteroatoms. The molecule has 2 atom stereocenters. The Bertz CT molecular complexity index is 289. The fraction of sp³-hybridized carbons (Fsp3) is 0.900. The van der Waals surface area contributed by atoms with Crippen LogP contribution < -0.4 is 0 Å². The van der Waals surface area contributed by atoms with Gasteiger partial charge in [-0.15, -0.1) is 0 Å². The molecule has 0 bridgehead atoms. The van der Waals surface area contributed by atoms with E-state index in [1.54, 1.807) is 11.8 Å². The second-order valence-corrected chi connectivity index (χ2v) is 4.16. The first kappa shape index (κ1) is 12.8. The van der Waals surface area contributed by atoms with E-state index in [1.165, 1.54) is 0 Å². The molecule has 0 saturated carbocycles. The summed E-state index contributed by atoms with van der Waals surface area (Å²) in [5.74, 6) is 0.0524. The van der Waals surface area contributed by atoms with Gasteiger partial charge in [0.05, 0.1) is 12.6 Å². The van der Waals surface area contributed by atoms with Gasteiger partial charge in [-0.25, -0.2) is 0 Å². The number of amides is 1. The topological polar surface area (TPSA) is 89.3 Å². The highest BCUT2D eigenvalue weighted by molar-refractivity contribution is 5.76. The second kappa shape index (κ2) is 6.35. The van der Waals surface area contributed by atoms with Crippen LogP contribution in [0, 0.1) is 0 Å². The Kier molecular flexibility index (Phi) is 5.08. The third kappa shape index (κ3) is 3.40. The lowest BCUT2D eigenvalue weighted by Gasteiger charge is -2.23. The Morgan fingerprint density at radius 2 is 2.50 bits per heavy atom. The van der Waals surface area contributed by atoms with Crippen LogP contribution >= 0.6 is 0 Å². The lowest BCUT2D eigenvalue weighted by Crippen LogP contribution is -2.37. The van der Waals surface area contributed by atoms with E-state index < -0.39 is 0 Å². The van der Waals surface area contributed by atoms with Crippen molar-refractivity contribution >= 4 is 5.91 Å². The Morgan fingerprint density at radius 3 is 3.12 bits per heavy atom. The normalized spacial score (nSPS) is 21.6. The molecule has 0 aliphatic carbocycles. The summed E-state index contributed by atoms with van der Waals surface area (Å²) in [7, 11) is 0. The van der Waals surface area contributed by atoms with Crippen molar-refractivity contribution in [2.24, 2.45) is 5.11 Å². The molecule has 0 radical (unpaired) electrons. The monoisotopic (exact) mass is 226 g/mol. The summed E-state index contributed by atoms with van der Waals surface area (Å²) in [5.41, 5.74) is 8.22. The number of carbonyl (C=O) groups is 1. The summed E-state index contributed by atoms with van der Waals surface area (Å²) in [6.07, 6.45) is 2.80. The molecule has 1 aliphatic heterocycles. The van der Waals surface area contributed by atoms with E-state index in [2.05, 4.69) is 10.0 Å². The number of rotatable bonds is 5. The van der Waals surface area contributed by atoms with Crippen LogP contribution in [0.1, 0.15) is 32.6 Å². The molecule has 0 aromatic rings. The van der Waals surface area contributed by atoms with Gasteiger partial charge >= 0.3 is 0 Å². The number of carbonyl (C=O) groups excluding carboxylic acids is 1. The number of hydrogen-bond donors (Lipinski definition) is 1. The second-order valence-electron chi connectivity index (χ2n) is 4.16. The van der Waals surface area contributed by atoms with Crippen molar-refractivity contribution in [3.63, 3.8) is 0 Å². The molecule has 1 fully saturated rings. The molecule has 90 valence electrons. The summed E-state index contributed by atoms with van der Waals surface area (Å²) in [5, 5.41) is 12.6. The van der Waals surface area contributed by atoms with Gasteiger partial charge in [-0.2, -0.15) is 0 Å². The summed E-state index contributed by atoms with van der Waals surface area (Å²) in [6.45, 7) is 2.57. The maximum Gasteiger partial charge on any atom is 0.222 e. The average Bonchev–Trinajstić information content (AvgIpc) is 2.74. The highest BCUT2D eigenvalue weighted by atomic mass is 16.3. The van der Waals surface area contributed by atoms with E-state index in [1.807, 2.05) is 0 Å². The summed E-state index contributed by atoms with van der Waals surface area (Å²) < 4.78 is 0. The summed E-state index contributed by atoms with van der Waals surface area (Å²) >= 11 is 0. The average molecular weight is 226 g/mol. The first-order valence-corrected chi connectivity index (χ1v) is 5.63. The number of likely N-dealkylation sites (tertiary alicyclic amines) is 1. The van der Waals surface area contributed by atoms with Crippen molar-refractivity contribution in [3.05, 3.63) is 10.4 Å². The molecular weight excluding hydrogens is 208 g/mol. The quantitative estimate of drug-likeness (QED) is 0.436. The van der Waals surface area contributed by atoms with Crippen molar-refractivity contribution in [1.29, 1.82) is 0 Å². The summed E-state index contributed by atoms with van der Waals surface area (Å²) in [4.78, 5) is 16.2. The van der Waals surface area contributed by atoms with Gasteiger partial charge in [0.1, 0.15) is 0 Å². The largest absolute Gasteiger partial charge is 0.394 e. The number of hydrogen-bond acceptors (Lipinski definition) is 3. The van der Waals surface area contributed by atoms with Gasteiger partial charge in [0.15, 0.2) is 0 Å².